The van der Waals surface area contributed by atoms with Crippen molar-refractivity contribution in [2.75, 3.05) is 0 Å². The number of fused-ring (bicyclic) bond motifs is 3. The number of aromatic nitrogens is 2. The third-order valence-electron chi connectivity index (χ3n) is 10.5. The Morgan fingerprint density at radius 2 is 1.57 bits per heavy atom. The van der Waals surface area contributed by atoms with Crippen molar-refractivity contribution in [3.05, 3.63) is 138 Å². The van der Waals surface area contributed by atoms with E-state index >= 15 is 0 Å². The molecule has 1 aliphatic carbocycles. The van der Waals surface area contributed by atoms with Gasteiger partial charge in [0, 0.05) is 37.9 Å². The summed E-state index contributed by atoms with van der Waals surface area (Å²) >= 11 is 0. The van der Waals surface area contributed by atoms with E-state index in [4.69, 9.17) is 9.40 Å². The Labute approximate surface area is 328 Å². The predicted octanol–water partition coefficient (Wildman–Crippen LogP) is 12.4. The average molecular weight is 895 g/mol. The molecule has 4 aromatic carbocycles. The first-order chi connectivity index (χ1) is 25.0. The van der Waals surface area contributed by atoms with E-state index in [2.05, 4.69) is 86.1 Å². The van der Waals surface area contributed by atoms with E-state index in [0.717, 1.165) is 84.6 Å². The normalized spacial score (nSPS) is 13.4. The fraction of sp³-hybridized carbons (Fsp3) is 0.277. The van der Waals surface area contributed by atoms with Gasteiger partial charge in [0.2, 0.25) is 0 Å². The molecular formula is C47H47FIrN2OSi-2. The number of hydrogen-bond donors (Lipinski definition) is 0. The summed E-state index contributed by atoms with van der Waals surface area (Å²) in [5.74, 6) is 0.577. The predicted molar refractivity (Wildman–Crippen MR) is 217 cm³/mol. The molecule has 0 spiro atoms. The largest absolute Gasteiger partial charge is 0.501 e. The fourth-order valence-electron chi connectivity index (χ4n) is 7.79. The molecule has 6 heteroatoms. The first-order valence-electron chi connectivity index (χ1n) is 18.6. The van der Waals surface area contributed by atoms with Crippen LogP contribution < -0.4 is 5.19 Å². The minimum absolute atomic E-state index is 0. The second-order valence-electron chi connectivity index (χ2n) is 15.5. The molecular weight excluding hydrogens is 848 g/mol. The van der Waals surface area contributed by atoms with Crippen molar-refractivity contribution in [3.63, 3.8) is 0 Å². The van der Waals surface area contributed by atoms with Crippen LogP contribution in [0.2, 0.25) is 19.6 Å². The minimum Gasteiger partial charge on any atom is -0.501 e. The van der Waals surface area contributed by atoms with Crippen molar-refractivity contribution in [1.82, 2.24) is 9.97 Å². The van der Waals surface area contributed by atoms with Gasteiger partial charge in [-0.25, -0.2) is 4.39 Å². The topological polar surface area (TPSA) is 38.9 Å². The Bertz CT molecular complexity index is 2320. The maximum Gasteiger partial charge on any atom is 0.123 e. The van der Waals surface area contributed by atoms with Crippen LogP contribution in [0.5, 0.6) is 0 Å². The van der Waals surface area contributed by atoms with Crippen molar-refractivity contribution in [2.24, 2.45) is 5.92 Å². The van der Waals surface area contributed by atoms with E-state index in [1.807, 2.05) is 56.6 Å². The molecule has 0 N–H and O–H groups in total. The molecule has 0 saturated heterocycles. The summed E-state index contributed by atoms with van der Waals surface area (Å²) in [4.78, 5) is 9.23. The fourth-order valence-corrected chi connectivity index (χ4v) is 8.83. The SMILES string of the molecule is C[Si](C)(C)c1ccc(-c2[c-]cccc2)nc1.Cc1cc(F)cc(C)c1-c1cc(C)c2c(c1)oc1c(-c3cc(CC4CCCCC4)ccn3)[c-]ccc12.[Ir]. The number of benzene rings is 4. The molecule has 3 nitrogen and oxygen atoms in total. The second-order valence-corrected chi connectivity index (χ2v) is 20.6. The summed E-state index contributed by atoms with van der Waals surface area (Å²) in [5, 5.41) is 3.58. The average Bonchev–Trinajstić information content (AvgIpc) is 3.51. The Hall–Kier alpha value is -4.22. The Balaban J connectivity index is 0.000000238. The Morgan fingerprint density at radius 3 is 2.25 bits per heavy atom. The van der Waals surface area contributed by atoms with Gasteiger partial charge in [-0.05, 0) is 102 Å². The molecule has 0 bridgehead atoms. The van der Waals surface area contributed by atoms with Crippen LogP contribution in [0.25, 0.3) is 55.6 Å². The molecule has 1 aliphatic rings. The van der Waals surface area contributed by atoms with Gasteiger partial charge in [0.1, 0.15) is 11.4 Å². The molecule has 1 fully saturated rings. The first kappa shape index (κ1) is 38.5. The van der Waals surface area contributed by atoms with Crippen LogP contribution in [0.4, 0.5) is 4.39 Å². The summed E-state index contributed by atoms with van der Waals surface area (Å²) in [7, 11) is -1.23. The van der Waals surface area contributed by atoms with Gasteiger partial charge < -0.3 is 14.4 Å². The summed E-state index contributed by atoms with van der Waals surface area (Å²) in [5.41, 5.74) is 12.0. The van der Waals surface area contributed by atoms with Crippen molar-refractivity contribution < 1.29 is 28.9 Å². The van der Waals surface area contributed by atoms with Crippen LogP contribution in [-0.2, 0) is 26.5 Å². The monoisotopic (exact) mass is 895 g/mol. The van der Waals surface area contributed by atoms with Crippen LogP contribution in [0.1, 0.15) is 54.4 Å². The van der Waals surface area contributed by atoms with Crippen LogP contribution >= 0.6 is 0 Å². The maximum atomic E-state index is 13.9. The molecule has 0 aliphatic heterocycles. The first-order valence-corrected chi connectivity index (χ1v) is 22.1. The zero-order valence-electron chi connectivity index (χ0n) is 31.6. The summed E-state index contributed by atoms with van der Waals surface area (Å²) in [6.07, 6.45) is 11.8. The van der Waals surface area contributed by atoms with Crippen LogP contribution in [0, 0.1) is 44.6 Å². The van der Waals surface area contributed by atoms with Crippen molar-refractivity contribution in [3.8, 4) is 33.6 Å². The maximum absolute atomic E-state index is 13.9. The number of furan rings is 1. The van der Waals surface area contributed by atoms with Crippen molar-refractivity contribution in [1.29, 1.82) is 0 Å². The van der Waals surface area contributed by atoms with E-state index < -0.39 is 8.07 Å². The molecule has 0 unspecified atom stereocenters. The third-order valence-corrected chi connectivity index (χ3v) is 12.5. The van der Waals surface area contributed by atoms with Gasteiger partial charge in [-0.1, -0.05) is 92.5 Å². The zero-order chi connectivity index (χ0) is 36.4. The molecule has 1 radical (unpaired) electrons. The quantitative estimate of drug-likeness (QED) is 0.123. The second kappa shape index (κ2) is 16.4. The molecule has 3 aromatic heterocycles. The summed E-state index contributed by atoms with van der Waals surface area (Å²) < 4.78 is 20.5. The van der Waals surface area contributed by atoms with Gasteiger partial charge in [0.25, 0.3) is 0 Å². The smallest absolute Gasteiger partial charge is 0.123 e. The van der Waals surface area contributed by atoms with E-state index in [9.17, 15) is 4.39 Å². The van der Waals surface area contributed by atoms with Gasteiger partial charge in [0.15, 0.2) is 0 Å². The third kappa shape index (κ3) is 8.62. The molecule has 53 heavy (non-hydrogen) atoms. The van der Waals surface area contributed by atoms with Crippen molar-refractivity contribution >= 4 is 35.2 Å². The minimum atomic E-state index is -1.23. The van der Waals surface area contributed by atoms with Gasteiger partial charge in [0.05, 0.1) is 13.7 Å². The van der Waals surface area contributed by atoms with Crippen LogP contribution in [0.3, 0.4) is 0 Å². The standard InChI is InChI=1S/C33H31FNO.C14H16NSi.Ir/c1-20-14-25(31-21(2)15-26(34)16-22(31)3)19-30-32(20)28-11-7-10-27(33(28)36-30)29-18-24(12-13-35-29)17-23-8-5-4-6-9-23;1-16(2,3)13-9-10-14(15-11-13)12-7-5-4-6-8-12;/h7,11-16,18-19,23H,4-6,8-9,17H2,1-3H3;4-7,9-11H,1-3H3;/q2*-1;. The van der Waals surface area contributed by atoms with E-state index in [0.29, 0.717) is 0 Å². The Morgan fingerprint density at radius 1 is 0.792 bits per heavy atom. The summed E-state index contributed by atoms with van der Waals surface area (Å²) in [6.45, 7) is 13.0. The number of hydrogen-bond acceptors (Lipinski definition) is 3. The molecule has 273 valence electrons. The van der Waals surface area contributed by atoms with Crippen LogP contribution in [-0.4, -0.2) is 18.0 Å². The van der Waals surface area contributed by atoms with E-state index in [1.165, 1.54) is 42.9 Å². The number of aryl methyl sites for hydroxylation is 3. The molecule has 0 amide bonds. The molecule has 7 aromatic rings. The van der Waals surface area contributed by atoms with Gasteiger partial charge in [-0.3, -0.25) is 0 Å². The zero-order valence-corrected chi connectivity index (χ0v) is 35.0. The van der Waals surface area contributed by atoms with Gasteiger partial charge in [-0.15, -0.1) is 54.1 Å². The molecule has 0 atom stereocenters. The van der Waals surface area contributed by atoms with Gasteiger partial charge in [-0.2, -0.15) is 0 Å². The number of halogens is 1. The van der Waals surface area contributed by atoms with Crippen molar-refractivity contribution in [2.45, 2.75) is 78.9 Å². The molecule has 1 saturated carbocycles. The van der Waals surface area contributed by atoms with E-state index in [1.54, 1.807) is 12.1 Å². The van der Waals surface area contributed by atoms with Gasteiger partial charge >= 0.3 is 0 Å². The summed E-state index contributed by atoms with van der Waals surface area (Å²) in [6, 6.07) is 34.7. The molecule has 3 heterocycles. The Kier molecular flexibility index (Phi) is 11.9. The number of nitrogens with zero attached hydrogens (tertiary/aromatic N) is 2. The van der Waals surface area contributed by atoms with E-state index in [-0.39, 0.29) is 25.9 Å². The van der Waals surface area contributed by atoms with Crippen LogP contribution in [0.15, 0.2) is 102 Å². The number of pyridine rings is 2. The number of rotatable bonds is 6. The molecule has 8 rings (SSSR count).